The van der Waals surface area contributed by atoms with E-state index in [1.54, 1.807) is 25.1 Å². The molecule has 3 rings (SSSR count). The van der Waals surface area contributed by atoms with Crippen LogP contribution in [-0.2, 0) is 10.0 Å². The summed E-state index contributed by atoms with van der Waals surface area (Å²) in [5.74, 6) is -0.156. The van der Waals surface area contributed by atoms with Gasteiger partial charge in [0.25, 0.3) is 15.9 Å². The number of carbonyl (C=O) groups is 1. The second-order valence-corrected chi connectivity index (χ2v) is 9.32. The Kier molecular flexibility index (Phi) is 6.98. The molecule has 2 aromatic carbocycles. The van der Waals surface area contributed by atoms with Crippen molar-refractivity contribution in [2.45, 2.75) is 43.9 Å². The SMILES string of the molecule is Cc1cc(C(=O)NCCC2=CCCCC2)ccc1NS(=O)(=O)c1ccc(Cl)cc1. The van der Waals surface area contributed by atoms with Crippen LogP contribution in [0.25, 0.3) is 0 Å². The Morgan fingerprint density at radius 3 is 2.52 bits per heavy atom. The first-order valence-electron chi connectivity index (χ1n) is 9.70. The molecular weight excluding hydrogens is 408 g/mol. The second-order valence-electron chi connectivity index (χ2n) is 7.20. The summed E-state index contributed by atoms with van der Waals surface area (Å²) in [7, 11) is -3.73. The van der Waals surface area contributed by atoms with Crippen LogP contribution in [0.1, 0.15) is 48.0 Å². The van der Waals surface area contributed by atoms with Gasteiger partial charge in [-0.05, 0) is 87.1 Å². The number of halogens is 1. The van der Waals surface area contributed by atoms with Gasteiger partial charge in [-0.25, -0.2) is 8.42 Å². The normalized spacial score (nSPS) is 14.2. The number of hydrogen-bond donors (Lipinski definition) is 2. The van der Waals surface area contributed by atoms with Gasteiger partial charge in [0.2, 0.25) is 0 Å². The third kappa shape index (κ3) is 5.84. The van der Waals surface area contributed by atoms with Crippen LogP contribution in [0.5, 0.6) is 0 Å². The molecule has 0 aliphatic heterocycles. The van der Waals surface area contributed by atoms with Gasteiger partial charge >= 0.3 is 0 Å². The van der Waals surface area contributed by atoms with Crippen LogP contribution in [0.3, 0.4) is 0 Å². The number of benzene rings is 2. The lowest BCUT2D eigenvalue weighted by molar-refractivity contribution is 0.0954. The number of anilines is 1. The van der Waals surface area contributed by atoms with Gasteiger partial charge in [-0.15, -0.1) is 0 Å². The molecule has 0 unspecified atom stereocenters. The lowest BCUT2D eigenvalue weighted by atomic mass is 9.97. The third-order valence-electron chi connectivity index (χ3n) is 4.97. The Hall–Kier alpha value is -2.31. The molecule has 0 spiro atoms. The van der Waals surface area contributed by atoms with Gasteiger partial charge < -0.3 is 5.32 Å². The quantitative estimate of drug-likeness (QED) is 0.600. The molecule has 29 heavy (non-hydrogen) atoms. The van der Waals surface area contributed by atoms with Gasteiger partial charge in [-0.3, -0.25) is 9.52 Å². The van der Waals surface area contributed by atoms with Crippen molar-refractivity contribution in [3.8, 4) is 0 Å². The molecule has 2 N–H and O–H groups in total. The average Bonchev–Trinajstić information content (AvgIpc) is 2.70. The predicted molar refractivity (Wildman–Crippen MR) is 117 cm³/mol. The molecule has 1 aliphatic carbocycles. The molecule has 0 fully saturated rings. The fourth-order valence-electron chi connectivity index (χ4n) is 3.31. The average molecular weight is 433 g/mol. The highest BCUT2D eigenvalue weighted by molar-refractivity contribution is 7.92. The fourth-order valence-corrected chi connectivity index (χ4v) is 4.56. The second kappa shape index (κ2) is 9.46. The molecule has 0 heterocycles. The first kappa shape index (κ1) is 21.4. The standard InChI is InChI=1S/C22H25ClN2O3S/c1-16-15-18(22(26)24-14-13-17-5-3-2-4-6-17)7-12-21(16)25-29(27,28)20-10-8-19(23)9-11-20/h5,7-12,15,25H,2-4,6,13-14H2,1H3,(H,24,26). The minimum Gasteiger partial charge on any atom is -0.352 e. The summed E-state index contributed by atoms with van der Waals surface area (Å²) in [6.07, 6.45) is 7.90. The van der Waals surface area contributed by atoms with Crippen LogP contribution in [0.15, 0.2) is 59.0 Å². The van der Waals surface area contributed by atoms with Crippen molar-refractivity contribution in [2.24, 2.45) is 0 Å². The largest absolute Gasteiger partial charge is 0.352 e. The van der Waals surface area contributed by atoms with Crippen LogP contribution < -0.4 is 10.0 Å². The van der Waals surface area contributed by atoms with E-state index in [-0.39, 0.29) is 10.8 Å². The van der Waals surface area contributed by atoms with Gasteiger partial charge in [0, 0.05) is 17.1 Å². The summed E-state index contributed by atoms with van der Waals surface area (Å²) in [6, 6.07) is 10.9. The van der Waals surface area contributed by atoms with E-state index in [9.17, 15) is 13.2 Å². The van der Waals surface area contributed by atoms with Gasteiger partial charge in [-0.1, -0.05) is 23.3 Å². The fraction of sp³-hybridized carbons (Fsp3) is 0.318. The number of hydrogen-bond acceptors (Lipinski definition) is 3. The number of nitrogens with one attached hydrogen (secondary N) is 2. The monoisotopic (exact) mass is 432 g/mol. The summed E-state index contributed by atoms with van der Waals surface area (Å²) in [5, 5.41) is 3.41. The van der Waals surface area contributed by atoms with Crippen LogP contribution in [0, 0.1) is 6.92 Å². The Balaban J connectivity index is 1.62. The zero-order valence-corrected chi connectivity index (χ0v) is 17.9. The topological polar surface area (TPSA) is 75.3 Å². The zero-order chi connectivity index (χ0) is 20.9. The molecule has 0 atom stereocenters. The smallest absolute Gasteiger partial charge is 0.261 e. The highest BCUT2D eigenvalue weighted by Gasteiger charge is 2.16. The lowest BCUT2D eigenvalue weighted by Gasteiger charge is -2.14. The Morgan fingerprint density at radius 2 is 1.86 bits per heavy atom. The van der Waals surface area contributed by atoms with Crippen molar-refractivity contribution in [1.82, 2.24) is 5.32 Å². The number of sulfonamides is 1. The van der Waals surface area contributed by atoms with E-state index in [0.29, 0.717) is 28.4 Å². The molecule has 1 aliphatic rings. The maximum atomic E-state index is 12.5. The van der Waals surface area contributed by atoms with Gasteiger partial charge in [0.15, 0.2) is 0 Å². The van der Waals surface area contributed by atoms with E-state index in [1.807, 2.05) is 0 Å². The first-order valence-corrected chi connectivity index (χ1v) is 11.6. The van der Waals surface area contributed by atoms with Crippen molar-refractivity contribution in [1.29, 1.82) is 0 Å². The van der Waals surface area contributed by atoms with Crippen LogP contribution in [0.4, 0.5) is 5.69 Å². The highest BCUT2D eigenvalue weighted by atomic mass is 35.5. The van der Waals surface area contributed by atoms with E-state index in [2.05, 4.69) is 16.1 Å². The van der Waals surface area contributed by atoms with Crippen molar-refractivity contribution >= 4 is 33.2 Å². The van der Waals surface area contributed by atoms with Crippen LogP contribution in [0.2, 0.25) is 5.02 Å². The van der Waals surface area contributed by atoms with Crippen LogP contribution >= 0.6 is 11.6 Å². The maximum absolute atomic E-state index is 12.5. The zero-order valence-electron chi connectivity index (χ0n) is 16.4. The molecule has 7 heteroatoms. The van der Waals surface area contributed by atoms with E-state index in [4.69, 9.17) is 11.6 Å². The summed E-state index contributed by atoms with van der Waals surface area (Å²) in [5.41, 5.74) is 3.03. The van der Waals surface area contributed by atoms with Gasteiger partial charge in [0.1, 0.15) is 0 Å². The van der Waals surface area contributed by atoms with E-state index in [0.717, 1.165) is 19.3 Å². The minimum atomic E-state index is -3.73. The molecule has 0 saturated carbocycles. The molecule has 2 aromatic rings. The Morgan fingerprint density at radius 1 is 1.10 bits per heavy atom. The molecule has 0 radical (unpaired) electrons. The van der Waals surface area contributed by atoms with E-state index in [1.165, 1.54) is 42.7 Å². The highest BCUT2D eigenvalue weighted by Crippen LogP contribution is 2.22. The molecule has 0 saturated heterocycles. The van der Waals surface area contributed by atoms with Gasteiger partial charge in [-0.2, -0.15) is 0 Å². The van der Waals surface area contributed by atoms with E-state index < -0.39 is 10.0 Å². The van der Waals surface area contributed by atoms with Gasteiger partial charge in [0.05, 0.1) is 10.6 Å². The van der Waals surface area contributed by atoms with Crippen molar-refractivity contribution in [3.63, 3.8) is 0 Å². The van der Waals surface area contributed by atoms with E-state index >= 15 is 0 Å². The Labute approximate surface area is 177 Å². The molecule has 154 valence electrons. The maximum Gasteiger partial charge on any atom is 0.261 e. The molecule has 0 bridgehead atoms. The summed E-state index contributed by atoms with van der Waals surface area (Å²) in [4.78, 5) is 12.5. The number of allylic oxidation sites excluding steroid dienone is 1. The first-order chi connectivity index (χ1) is 13.8. The molecule has 1 amide bonds. The lowest BCUT2D eigenvalue weighted by Crippen LogP contribution is -2.25. The number of aryl methyl sites for hydroxylation is 1. The summed E-state index contributed by atoms with van der Waals surface area (Å²) < 4.78 is 27.6. The number of carbonyl (C=O) groups excluding carboxylic acids is 1. The molecule has 5 nitrogen and oxygen atoms in total. The van der Waals surface area contributed by atoms with Crippen molar-refractivity contribution < 1.29 is 13.2 Å². The van der Waals surface area contributed by atoms with Crippen molar-refractivity contribution in [2.75, 3.05) is 11.3 Å². The van der Waals surface area contributed by atoms with Crippen LogP contribution in [-0.4, -0.2) is 20.9 Å². The summed E-state index contributed by atoms with van der Waals surface area (Å²) >= 11 is 5.82. The number of amides is 1. The minimum absolute atomic E-state index is 0.125. The Bertz CT molecular complexity index is 1010. The number of rotatable bonds is 7. The van der Waals surface area contributed by atoms with Crippen molar-refractivity contribution in [3.05, 3.63) is 70.3 Å². The predicted octanol–water partition coefficient (Wildman–Crippen LogP) is 5.07. The molecule has 0 aromatic heterocycles. The molecular formula is C22H25ClN2O3S. The third-order valence-corrected chi connectivity index (χ3v) is 6.61. The summed E-state index contributed by atoms with van der Waals surface area (Å²) in [6.45, 7) is 2.37.